The Kier molecular flexibility index (Phi) is 9.56. The van der Waals surface area contributed by atoms with Gasteiger partial charge in [-0.25, -0.2) is 18.0 Å². The highest BCUT2D eigenvalue weighted by Crippen LogP contribution is 2.30. The van der Waals surface area contributed by atoms with E-state index in [4.69, 9.17) is 4.74 Å². The SMILES string of the molecule is C[C@@H](COC(=O)N1CCC(n2c(=O)n(S(=O)(=O)c3cccc4ccccc34)c3ccccc32)CC1)N(Cc1ccccc1)Cc1ccccc1. The second kappa shape index (κ2) is 14.3. The summed E-state index contributed by atoms with van der Waals surface area (Å²) in [4.78, 5) is 31.5. The second-order valence-corrected chi connectivity index (χ2v) is 14.7. The first-order chi connectivity index (χ1) is 24.3. The normalized spacial score (nSPS) is 14.7. The largest absolute Gasteiger partial charge is 0.448 e. The van der Waals surface area contributed by atoms with Crippen LogP contribution in [0.1, 0.15) is 36.9 Å². The number of carbonyl (C=O) groups is 1. The molecule has 0 radical (unpaired) electrons. The van der Waals surface area contributed by atoms with Crippen LogP contribution in [0.3, 0.4) is 0 Å². The summed E-state index contributed by atoms with van der Waals surface area (Å²) in [5.74, 6) is 0. The summed E-state index contributed by atoms with van der Waals surface area (Å²) in [6.07, 6.45) is 0.588. The molecule has 50 heavy (non-hydrogen) atoms. The number of benzene rings is 5. The van der Waals surface area contributed by atoms with Crippen LogP contribution in [0.2, 0.25) is 0 Å². The van der Waals surface area contributed by atoms with Crippen LogP contribution in [0.4, 0.5) is 4.79 Å². The lowest BCUT2D eigenvalue weighted by atomic mass is 10.0. The van der Waals surface area contributed by atoms with E-state index >= 15 is 0 Å². The lowest BCUT2D eigenvalue weighted by Gasteiger charge is -2.33. The summed E-state index contributed by atoms with van der Waals surface area (Å²) in [7, 11) is -4.23. The average Bonchev–Trinajstić information content (AvgIpc) is 3.46. The van der Waals surface area contributed by atoms with Crippen LogP contribution in [0.5, 0.6) is 0 Å². The fourth-order valence-corrected chi connectivity index (χ4v) is 8.56. The molecule has 1 saturated heterocycles. The number of ether oxygens (including phenoxy) is 1. The summed E-state index contributed by atoms with van der Waals surface area (Å²) >= 11 is 0. The minimum Gasteiger partial charge on any atom is -0.448 e. The molecular weight excluding hydrogens is 649 g/mol. The fourth-order valence-electron chi connectivity index (χ4n) is 6.95. The van der Waals surface area contributed by atoms with Crippen molar-refractivity contribution in [1.29, 1.82) is 0 Å². The molecule has 0 bridgehead atoms. The molecule has 0 aliphatic carbocycles. The van der Waals surface area contributed by atoms with Crippen LogP contribution in [0.15, 0.2) is 137 Å². The number of piperidine rings is 1. The van der Waals surface area contributed by atoms with Gasteiger partial charge in [0.2, 0.25) is 0 Å². The van der Waals surface area contributed by atoms with E-state index in [-0.39, 0.29) is 29.7 Å². The molecule has 6 aromatic rings. The van der Waals surface area contributed by atoms with Gasteiger partial charge in [0.1, 0.15) is 6.61 Å². The van der Waals surface area contributed by atoms with Crippen molar-refractivity contribution < 1.29 is 17.9 Å². The van der Waals surface area contributed by atoms with E-state index < -0.39 is 15.7 Å². The highest BCUT2D eigenvalue weighted by molar-refractivity contribution is 7.90. The minimum atomic E-state index is -4.23. The maximum Gasteiger partial charge on any atom is 0.409 e. The van der Waals surface area contributed by atoms with Crippen molar-refractivity contribution in [3.05, 3.63) is 149 Å². The smallest absolute Gasteiger partial charge is 0.409 e. The van der Waals surface area contributed by atoms with Crippen molar-refractivity contribution in [2.45, 2.75) is 49.8 Å². The monoisotopic (exact) mass is 688 g/mol. The van der Waals surface area contributed by atoms with Crippen molar-refractivity contribution in [2.75, 3.05) is 19.7 Å². The third kappa shape index (κ3) is 6.68. The zero-order chi connectivity index (χ0) is 34.7. The Morgan fingerprint density at radius 2 is 1.32 bits per heavy atom. The number of imidazole rings is 1. The number of carbonyl (C=O) groups excluding carboxylic acids is 1. The van der Waals surface area contributed by atoms with Crippen LogP contribution in [0, 0.1) is 0 Å². The Bertz CT molecular complexity index is 2230. The first-order valence-electron chi connectivity index (χ1n) is 17.0. The van der Waals surface area contributed by atoms with Crippen LogP contribution in [0.25, 0.3) is 21.8 Å². The van der Waals surface area contributed by atoms with Crippen molar-refractivity contribution in [3.63, 3.8) is 0 Å². The van der Waals surface area contributed by atoms with Gasteiger partial charge in [0.25, 0.3) is 10.0 Å². The van der Waals surface area contributed by atoms with Gasteiger partial charge in [0, 0.05) is 43.6 Å². The molecule has 0 saturated carbocycles. The maximum atomic E-state index is 14.2. The number of hydrogen-bond acceptors (Lipinski definition) is 6. The topological polar surface area (TPSA) is 93.8 Å². The van der Waals surface area contributed by atoms with E-state index in [2.05, 4.69) is 36.1 Å². The van der Waals surface area contributed by atoms with Crippen molar-refractivity contribution in [2.24, 2.45) is 0 Å². The Labute approximate surface area is 292 Å². The number of hydrogen-bond donors (Lipinski definition) is 0. The Hall–Kier alpha value is -5.19. The van der Waals surface area contributed by atoms with Crippen LogP contribution >= 0.6 is 0 Å². The number of para-hydroxylation sites is 2. The van der Waals surface area contributed by atoms with E-state index in [0.717, 1.165) is 22.4 Å². The minimum absolute atomic E-state index is 0.0368. The van der Waals surface area contributed by atoms with Gasteiger partial charge in [-0.2, -0.15) is 3.97 Å². The molecule has 256 valence electrons. The number of amides is 1. The van der Waals surface area contributed by atoms with E-state index in [1.807, 2.05) is 54.6 Å². The number of fused-ring (bicyclic) bond motifs is 2. The van der Waals surface area contributed by atoms with Crippen molar-refractivity contribution in [1.82, 2.24) is 18.3 Å². The molecule has 1 aliphatic heterocycles. The lowest BCUT2D eigenvalue weighted by Crippen LogP contribution is -2.43. The highest BCUT2D eigenvalue weighted by Gasteiger charge is 2.32. The molecule has 1 fully saturated rings. The number of aromatic nitrogens is 2. The Balaban J connectivity index is 1.05. The van der Waals surface area contributed by atoms with E-state index in [0.29, 0.717) is 42.4 Å². The molecule has 1 amide bonds. The zero-order valence-electron chi connectivity index (χ0n) is 28.0. The number of likely N-dealkylation sites (tertiary alicyclic amines) is 1. The molecule has 7 rings (SSSR count). The van der Waals surface area contributed by atoms with Gasteiger partial charge in [-0.05, 0) is 54.5 Å². The van der Waals surface area contributed by atoms with Crippen molar-refractivity contribution >= 4 is 37.9 Å². The first-order valence-corrected chi connectivity index (χ1v) is 18.4. The number of nitrogens with zero attached hydrogens (tertiary/aromatic N) is 4. The van der Waals surface area contributed by atoms with Gasteiger partial charge >= 0.3 is 11.8 Å². The quantitative estimate of drug-likeness (QED) is 0.153. The molecule has 1 aromatic heterocycles. The summed E-state index contributed by atoms with van der Waals surface area (Å²) < 4.78 is 36.7. The molecular formula is C40H40N4O5S. The molecule has 1 atom stereocenters. The number of rotatable bonds is 10. The van der Waals surface area contributed by atoms with E-state index in [1.165, 1.54) is 11.1 Å². The lowest BCUT2D eigenvalue weighted by molar-refractivity contribution is 0.0567. The zero-order valence-corrected chi connectivity index (χ0v) is 28.8. The van der Waals surface area contributed by atoms with Crippen LogP contribution in [-0.2, 0) is 27.8 Å². The molecule has 5 aromatic carbocycles. The summed E-state index contributed by atoms with van der Waals surface area (Å²) in [6, 6.07) is 39.5. The molecule has 0 unspecified atom stereocenters. The predicted molar refractivity (Wildman–Crippen MR) is 196 cm³/mol. The summed E-state index contributed by atoms with van der Waals surface area (Å²) in [5.41, 5.74) is 2.64. The Morgan fingerprint density at radius 3 is 1.98 bits per heavy atom. The standard InChI is InChI=1S/C40H40N4O5S/c1-30(42(27-31-13-4-2-5-14-31)28-32-15-6-3-7-16-32)29-49-40(46)41-25-23-34(24-26-41)43-36-20-10-11-21-37(36)44(39(43)45)50(47,48)38-22-12-18-33-17-8-9-19-35(33)38/h2-22,30,34H,23-29H2,1H3/t30-/m0/s1. The first kappa shape index (κ1) is 33.3. The van der Waals surface area contributed by atoms with Gasteiger partial charge in [0.15, 0.2) is 0 Å². The third-order valence-electron chi connectivity index (χ3n) is 9.62. The van der Waals surface area contributed by atoms with E-state index in [1.54, 1.807) is 58.0 Å². The predicted octanol–water partition coefficient (Wildman–Crippen LogP) is 7.06. The molecule has 2 heterocycles. The van der Waals surface area contributed by atoms with Gasteiger partial charge in [0.05, 0.1) is 15.9 Å². The van der Waals surface area contributed by atoms with Gasteiger partial charge in [-0.3, -0.25) is 9.47 Å². The maximum absolute atomic E-state index is 14.2. The van der Waals surface area contributed by atoms with Gasteiger partial charge in [-0.1, -0.05) is 109 Å². The van der Waals surface area contributed by atoms with Crippen LogP contribution < -0.4 is 5.69 Å². The molecule has 1 aliphatic rings. The molecule has 9 nitrogen and oxygen atoms in total. The van der Waals surface area contributed by atoms with Gasteiger partial charge in [-0.15, -0.1) is 0 Å². The fraction of sp³-hybridized carbons (Fsp3) is 0.250. The average molecular weight is 689 g/mol. The summed E-state index contributed by atoms with van der Waals surface area (Å²) in [6.45, 7) is 4.52. The van der Waals surface area contributed by atoms with E-state index in [9.17, 15) is 18.0 Å². The third-order valence-corrected chi connectivity index (χ3v) is 11.4. The second-order valence-electron chi connectivity index (χ2n) is 12.9. The molecule has 0 N–H and O–H groups in total. The van der Waals surface area contributed by atoms with Crippen LogP contribution in [-0.4, -0.2) is 58.6 Å². The molecule has 10 heteroatoms. The molecule has 0 spiro atoms. The van der Waals surface area contributed by atoms with Crippen molar-refractivity contribution in [3.8, 4) is 0 Å². The highest BCUT2D eigenvalue weighted by atomic mass is 32.2. The van der Waals surface area contributed by atoms with Gasteiger partial charge < -0.3 is 9.64 Å². The summed E-state index contributed by atoms with van der Waals surface area (Å²) in [5, 5.41) is 1.34. The Morgan fingerprint density at radius 1 is 0.760 bits per heavy atom.